The third-order valence-electron chi connectivity index (χ3n) is 3.56. The molecule has 2 rings (SSSR count). The molecule has 1 atom stereocenters. The highest BCUT2D eigenvalue weighted by atomic mass is 32.2. The number of halogens is 1. The molecular weight excluding hydrogens is 259 g/mol. The summed E-state index contributed by atoms with van der Waals surface area (Å²) in [5, 5.41) is 0. The lowest BCUT2D eigenvalue weighted by atomic mass is 10.0. The SMILES string of the molecule is Cc1cc(N2CCSC(C)(C)C2)c(C(C)N)cc1F. The number of thioether (sulfide) groups is 1. The molecule has 2 N–H and O–H groups in total. The number of rotatable bonds is 2. The van der Waals surface area contributed by atoms with E-state index in [1.807, 2.05) is 31.7 Å². The monoisotopic (exact) mass is 282 g/mol. The smallest absolute Gasteiger partial charge is 0.126 e. The number of aryl methyl sites for hydroxylation is 1. The summed E-state index contributed by atoms with van der Waals surface area (Å²) in [7, 11) is 0. The molecule has 0 saturated carbocycles. The molecule has 1 aliphatic rings. The van der Waals surface area contributed by atoms with E-state index in [4.69, 9.17) is 5.73 Å². The van der Waals surface area contributed by atoms with Crippen LogP contribution in [-0.4, -0.2) is 23.6 Å². The van der Waals surface area contributed by atoms with E-state index in [1.165, 1.54) is 0 Å². The molecule has 0 spiro atoms. The first-order chi connectivity index (χ1) is 8.80. The fraction of sp³-hybridized carbons (Fsp3) is 0.600. The van der Waals surface area contributed by atoms with E-state index in [0.29, 0.717) is 5.56 Å². The maximum Gasteiger partial charge on any atom is 0.126 e. The molecule has 1 unspecified atom stereocenters. The van der Waals surface area contributed by atoms with Gasteiger partial charge in [0.15, 0.2) is 0 Å². The Balaban J connectivity index is 2.40. The number of hydrogen-bond donors (Lipinski definition) is 1. The van der Waals surface area contributed by atoms with Crippen LogP contribution in [0.15, 0.2) is 12.1 Å². The van der Waals surface area contributed by atoms with Crippen LogP contribution in [0.3, 0.4) is 0 Å². The Morgan fingerprint density at radius 3 is 2.68 bits per heavy atom. The minimum Gasteiger partial charge on any atom is -0.369 e. The van der Waals surface area contributed by atoms with Crippen LogP contribution in [0.4, 0.5) is 10.1 Å². The Kier molecular flexibility index (Phi) is 4.11. The molecule has 1 aromatic rings. The molecule has 4 heteroatoms. The molecule has 106 valence electrons. The molecule has 0 bridgehead atoms. The standard InChI is InChI=1S/C15H23FN2S/c1-10-7-14(12(11(2)17)8-13(10)16)18-5-6-19-15(3,4)9-18/h7-8,11H,5-6,9,17H2,1-4H3. The summed E-state index contributed by atoms with van der Waals surface area (Å²) in [6, 6.07) is 3.40. The van der Waals surface area contributed by atoms with E-state index in [-0.39, 0.29) is 16.6 Å². The van der Waals surface area contributed by atoms with Crippen LogP contribution in [-0.2, 0) is 0 Å². The summed E-state index contributed by atoms with van der Waals surface area (Å²) in [5.41, 5.74) is 8.71. The van der Waals surface area contributed by atoms with Gasteiger partial charge in [0.25, 0.3) is 0 Å². The maximum atomic E-state index is 13.8. The Labute approximate surface area is 119 Å². The van der Waals surface area contributed by atoms with Gasteiger partial charge in [0.2, 0.25) is 0 Å². The van der Waals surface area contributed by atoms with Crippen molar-refractivity contribution < 1.29 is 4.39 Å². The van der Waals surface area contributed by atoms with Gasteiger partial charge < -0.3 is 10.6 Å². The quantitative estimate of drug-likeness (QED) is 0.900. The molecular formula is C15H23FN2S. The van der Waals surface area contributed by atoms with Crippen LogP contribution in [0, 0.1) is 12.7 Å². The van der Waals surface area contributed by atoms with Gasteiger partial charge in [-0.2, -0.15) is 11.8 Å². The number of benzene rings is 1. The van der Waals surface area contributed by atoms with E-state index < -0.39 is 0 Å². The predicted octanol–water partition coefficient (Wildman–Crippen LogP) is 3.49. The van der Waals surface area contributed by atoms with Crippen LogP contribution in [0.25, 0.3) is 0 Å². The molecule has 0 aliphatic carbocycles. The molecule has 1 fully saturated rings. The van der Waals surface area contributed by atoms with E-state index in [9.17, 15) is 4.39 Å². The zero-order valence-corrected chi connectivity index (χ0v) is 13.0. The van der Waals surface area contributed by atoms with Crippen molar-refractivity contribution in [3.05, 3.63) is 29.1 Å². The van der Waals surface area contributed by atoms with Gasteiger partial charge >= 0.3 is 0 Å². The largest absolute Gasteiger partial charge is 0.369 e. The van der Waals surface area contributed by atoms with Crippen LogP contribution >= 0.6 is 11.8 Å². The van der Waals surface area contributed by atoms with Gasteiger partial charge in [0, 0.05) is 35.3 Å². The van der Waals surface area contributed by atoms with Gasteiger partial charge in [-0.15, -0.1) is 0 Å². The van der Waals surface area contributed by atoms with Crippen LogP contribution in [0.5, 0.6) is 0 Å². The minimum absolute atomic E-state index is 0.150. The van der Waals surface area contributed by atoms with Gasteiger partial charge in [-0.3, -0.25) is 0 Å². The summed E-state index contributed by atoms with van der Waals surface area (Å²) < 4.78 is 14.0. The first kappa shape index (κ1) is 14.7. The zero-order chi connectivity index (χ0) is 14.2. The number of hydrogen-bond acceptors (Lipinski definition) is 3. The molecule has 1 saturated heterocycles. The van der Waals surface area contributed by atoms with Gasteiger partial charge in [0.05, 0.1) is 0 Å². The fourth-order valence-corrected chi connectivity index (χ4v) is 3.65. The van der Waals surface area contributed by atoms with Crippen molar-refractivity contribution in [2.24, 2.45) is 5.73 Å². The van der Waals surface area contributed by atoms with Gasteiger partial charge in [-0.1, -0.05) is 0 Å². The summed E-state index contributed by atoms with van der Waals surface area (Å²) >= 11 is 1.99. The number of nitrogens with zero attached hydrogens (tertiary/aromatic N) is 1. The predicted molar refractivity (Wildman–Crippen MR) is 82.5 cm³/mol. The second-order valence-electron chi connectivity index (χ2n) is 5.98. The molecule has 1 heterocycles. The van der Waals surface area contributed by atoms with Crippen LogP contribution < -0.4 is 10.6 Å². The molecule has 1 aromatic carbocycles. The Morgan fingerprint density at radius 2 is 2.11 bits per heavy atom. The first-order valence-electron chi connectivity index (χ1n) is 6.75. The van der Waals surface area contributed by atoms with E-state index >= 15 is 0 Å². The summed E-state index contributed by atoms with van der Waals surface area (Å²) in [6.07, 6.45) is 0. The summed E-state index contributed by atoms with van der Waals surface area (Å²) in [4.78, 5) is 2.35. The van der Waals surface area contributed by atoms with Crippen LogP contribution in [0.1, 0.15) is 37.9 Å². The van der Waals surface area contributed by atoms with Gasteiger partial charge in [-0.05, 0) is 51.0 Å². The Hall–Kier alpha value is -0.740. The fourth-order valence-electron chi connectivity index (χ4n) is 2.54. The van der Waals surface area contributed by atoms with Crippen molar-refractivity contribution in [2.75, 3.05) is 23.7 Å². The van der Waals surface area contributed by atoms with Crippen molar-refractivity contribution in [3.8, 4) is 0 Å². The maximum absolute atomic E-state index is 13.8. The second-order valence-corrected chi connectivity index (χ2v) is 7.78. The number of nitrogens with two attached hydrogens (primary N) is 1. The molecule has 0 radical (unpaired) electrons. The lowest BCUT2D eigenvalue weighted by Gasteiger charge is -2.40. The highest BCUT2D eigenvalue weighted by Gasteiger charge is 2.28. The highest BCUT2D eigenvalue weighted by molar-refractivity contribution is 8.00. The van der Waals surface area contributed by atoms with Crippen molar-refractivity contribution in [1.29, 1.82) is 0 Å². The normalized spacial score (nSPS) is 20.4. The van der Waals surface area contributed by atoms with E-state index in [0.717, 1.165) is 30.1 Å². The lowest BCUT2D eigenvalue weighted by Crippen LogP contribution is -2.43. The Bertz CT molecular complexity index is 471. The average Bonchev–Trinajstić information content (AvgIpc) is 2.30. The van der Waals surface area contributed by atoms with E-state index in [2.05, 4.69) is 18.7 Å². The third-order valence-corrected chi connectivity index (χ3v) is 4.86. The van der Waals surface area contributed by atoms with Gasteiger partial charge in [-0.25, -0.2) is 4.39 Å². The van der Waals surface area contributed by atoms with Crippen molar-refractivity contribution >= 4 is 17.4 Å². The minimum atomic E-state index is -0.165. The van der Waals surface area contributed by atoms with Crippen molar-refractivity contribution in [1.82, 2.24) is 0 Å². The third kappa shape index (κ3) is 3.23. The topological polar surface area (TPSA) is 29.3 Å². The molecule has 0 aromatic heterocycles. The summed E-state index contributed by atoms with van der Waals surface area (Å²) in [5.74, 6) is 0.934. The highest BCUT2D eigenvalue weighted by Crippen LogP contribution is 2.35. The van der Waals surface area contributed by atoms with Gasteiger partial charge in [0.1, 0.15) is 5.82 Å². The molecule has 1 aliphatic heterocycles. The van der Waals surface area contributed by atoms with Crippen LogP contribution in [0.2, 0.25) is 0 Å². The number of anilines is 1. The lowest BCUT2D eigenvalue weighted by molar-refractivity contribution is 0.608. The summed E-state index contributed by atoms with van der Waals surface area (Å²) in [6.45, 7) is 10.2. The second kappa shape index (κ2) is 5.33. The van der Waals surface area contributed by atoms with Crippen molar-refractivity contribution in [3.63, 3.8) is 0 Å². The molecule has 2 nitrogen and oxygen atoms in total. The van der Waals surface area contributed by atoms with E-state index in [1.54, 1.807) is 6.07 Å². The zero-order valence-electron chi connectivity index (χ0n) is 12.2. The first-order valence-corrected chi connectivity index (χ1v) is 7.73. The van der Waals surface area contributed by atoms with Crippen molar-refractivity contribution in [2.45, 2.75) is 38.5 Å². The Morgan fingerprint density at radius 1 is 1.42 bits per heavy atom. The molecule has 0 amide bonds. The average molecular weight is 282 g/mol. The molecule has 19 heavy (non-hydrogen) atoms.